The normalized spacial score (nSPS) is 10.7. The minimum absolute atomic E-state index is 0.132. The van der Waals surface area contributed by atoms with Gasteiger partial charge >= 0.3 is 0 Å². The lowest BCUT2D eigenvalue weighted by Crippen LogP contribution is -2.15. The van der Waals surface area contributed by atoms with Gasteiger partial charge in [0.2, 0.25) is 5.91 Å². The summed E-state index contributed by atoms with van der Waals surface area (Å²) in [6.45, 7) is 5.78. The van der Waals surface area contributed by atoms with Crippen LogP contribution in [-0.2, 0) is 10.5 Å². The molecule has 1 amide bonds. The third-order valence-electron chi connectivity index (χ3n) is 4.13. The third-order valence-corrected chi connectivity index (χ3v) is 5.32. The van der Waals surface area contributed by atoms with Crippen LogP contribution in [0, 0.1) is 20.8 Å². The predicted molar refractivity (Wildman–Crippen MR) is 113 cm³/mol. The van der Waals surface area contributed by atoms with E-state index in [0.29, 0.717) is 33.7 Å². The topological polar surface area (TPSA) is 64.4 Å². The van der Waals surface area contributed by atoms with Gasteiger partial charge in [-0.2, -0.15) is 0 Å². The Labute approximate surface area is 173 Å². The van der Waals surface area contributed by atoms with Crippen LogP contribution in [0.5, 0.6) is 11.5 Å². The second-order valence-corrected chi connectivity index (χ2v) is 7.82. The minimum Gasteiger partial charge on any atom is -0.455 e. The number of carbonyl (C=O) groups is 1. The molecule has 3 aromatic rings. The molecule has 5 nitrogen and oxygen atoms in total. The molecule has 0 saturated heterocycles. The molecule has 1 aromatic heterocycles. The highest BCUT2D eigenvalue weighted by Crippen LogP contribution is 2.32. The molecule has 0 aliphatic carbocycles. The lowest BCUT2D eigenvalue weighted by atomic mass is 10.2. The molecule has 0 aliphatic heterocycles. The van der Waals surface area contributed by atoms with E-state index in [9.17, 15) is 4.79 Å². The fraction of sp³-hybridized carbons (Fsp3) is 0.238. The molecule has 0 unspecified atom stereocenters. The van der Waals surface area contributed by atoms with E-state index in [1.54, 1.807) is 18.2 Å². The predicted octanol–water partition coefficient (Wildman–Crippen LogP) is 5.92. The van der Waals surface area contributed by atoms with Crippen molar-refractivity contribution >= 4 is 35.0 Å². The molecular formula is C21H21ClN2O3S. The number of hydrogen-bond acceptors (Lipinski definition) is 5. The maximum Gasteiger partial charge on any atom is 0.234 e. The Morgan fingerprint density at radius 3 is 2.61 bits per heavy atom. The molecule has 0 spiro atoms. The van der Waals surface area contributed by atoms with Crippen LogP contribution in [0.25, 0.3) is 0 Å². The Bertz CT molecular complexity index is 951. The van der Waals surface area contributed by atoms with Gasteiger partial charge in [0.1, 0.15) is 11.5 Å². The number of aryl methyl sites for hydroxylation is 3. The first-order chi connectivity index (χ1) is 13.4. The second-order valence-electron chi connectivity index (χ2n) is 6.40. The zero-order valence-electron chi connectivity index (χ0n) is 15.9. The van der Waals surface area contributed by atoms with Crippen molar-refractivity contribution in [3.05, 3.63) is 70.1 Å². The van der Waals surface area contributed by atoms with E-state index in [4.69, 9.17) is 20.9 Å². The number of thioether (sulfide) groups is 1. The van der Waals surface area contributed by atoms with Gasteiger partial charge in [-0.3, -0.25) is 4.79 Å². The van der Waals surface area contributed by atoms with Gasteiger partial charge < -0.3 is 14.6 Å². The highest BCUT2D eigenvalue weighted by Gasteiger charge is 2.13. The van der Waals surface area contributed by atoms with Crippen molar-refractivity contribution < 1.29 is 14.1 Å². The van der Waals surface area contributed by atoms with Gasteiger partial charge in [-0.05, 0) is 51.1 Å². The lowest BCUT2D eigenvalue weighted by molar-refractivity contribution is -0.113. The molecule has 0 fully saturated rings. The number of nitrogens with zero attached hydrogens (tertiary/aromatic N) is 1. The number of aromatic nitrogens is 1. The van der Waals surface area contributed by atoms with E-state index in [-0.39, 0.29) is 5.91 Å². The molecule has 28 heavy (non-hydrogen) atoms. The third kappa shape index (κ3) is 5.30. The molecule has 146 valence electrons. The molecule has 1 N–H and O–H groups in total. The van der Waals surface area contributed by atoms with E-state index in [2.05, 4.69) is 10.5 Å². The van der Waals surface area contributed by atoms with Crippen LogP contribution in [0.3, 0.4) is 0 Å². The summed E-state index contributed by atoms with van der Waals surface area (Å²) in [5.41, 5.74) is 3.57. The molecule has 0 saturated carbocycles. The summed E-state index contributed by atoms with van der Waals surface area (Å²) >= 11 is 7.60. The van der Waals surface area contributed by atoms with Gasteiger partial charge in [0.25, 0.3) is 0 Å². The fourth-order valence-electron chi connectivity index (χ4n) is 2.56. The summed E-state index contributed by atoms with van der Waals surface area (Å²) in [4.78, 5) is 12.4. The average Bonchev–Trinajstić information content (AvgIpc) is 2.97. The summed E-state index contributed by atoms with van der Waals surface area (Å²) in [5, 5.41) is 7.34. The van der Waals surface area contributed by atoms with Gasteiger partial charge in [0.05, 0.1) is 17.1 Å². The molecule has 0 bridgehead atoms. The summed E-state index contributed by atoms with van der Waals surface area (Å²) in [5.74, 6) is 2.84. The Morgan fingerprint density at radius 2 is 1.93 bits per heavy atom. The quantitative estimate of drug-likeness (QED) is 0.518. The highest BCUT2D eigenvalue weighted by molar-refractivity contribution is 7.99. The molecule has 0 aliphatic rings. The van der Waals surface area contributed by atoms with Gasteiger partial charge in [-0.25, -0.2) is 0 Å². The van der Waals surface area contributed by atoms with Crippen molar-refractivity contribution in [1.82, 2.24) is 5.16 Å². The Kier molecular flexibility index (Phi) is 6.65. The number of amides is 1. The number of rotatable bonds is 7. The Morgan fingerprint density at radius 1 is 1.18 bits per heavy atom. The van der Waals surface area contributed by atoms with Crippen LogP contribution in [0.2, 0.25) is 5.02 Å². The first-order valence-corrected chi connectivity index (χ1v) is 10.3. The maximum atomic E-state index is 12.4. The zero-order valence-corrected chi connectivity index (χ0v) is 17.5. The maximum absolute atomic E-state index is 12.4. The minimum atomic E-state index is -0.132. The lowest BCUT2D eigenvalue weighted by Gasteiger charge is -2.13. The van der Waals surface area contributed by atoms with Crippen LogP contribution in [0.4, 0.5) is 5.69 Å². The van der Waals surface area contributed by atoms with Crippen molar-refractivity contribution in [2.24, 2.45) is 0 Å². The summed E-state index contributed by atoms with van der Waals surface area (Å²) in [6, 6.07) is 12.9. The second kappa shape index (κ2) is 9.17. The molecule has 1 heterocycles. The van der Waals surface area contributed by atoms with Crippen molar-refractivity contribution in [3.63, 3.8) is 0 Å². The summed E-state index contributed by atoms with van der Waals surface area (Å²) in [6.07, 6.45) is 0. The largest absolute Gasteiger partial charge is 0.455 e. The fourth-order valence-corrected chi connectivity index (χ4v) is 3.71. The molecule has 3 rings (SSSR count). The van der Waals surface area contributed by atoms with Gasteiger partial charge in [-0.1, -0.05) is 34.5 Å². The standard InChI is InChI=1S/C21H21ClN2O3S/c1-13-4-7-17(8-5-13)26-20-9-6-16(22)10-19(20)23-21(25)12-28-11-18-14(2)24-27-15(18)3/h4-10H,11-12H2,1-3H3,(H,23,25). The van der Waals surface area contributed by atoms with Crippen LogP contribution in [0.15, 0.2) is 47.0 Å². The zero-order chi connectivity index (χ0) is 20.1. The first-order valence-electron chi connectivity index (χ1n) is 8.76. The summed E-state index contributed by atoms with van der Waals surface area (Å²) in [7, 11) is 0. The molecule has 7 heteroatoms. The van der Waals surface area contributed by atoms with E-state index in [1.165, 1.54) is 11.8 Å². The number of anilines is 1. The molecular weight excluding hydrogens is 396 g/mol. The SMILES string of the molecule is Cc1ccc(Oc2ccc(Cl)cc2NC(=O)CSCc2c(C)noc2C)cc1. The van der Waals surface area contributed by atoms with Gasteiger partial charge in [0.15, 0.2) is 5.75 Å². The molecule has 0 radical (unpaired) electrons. The monoisotopic (exact) mass is 416 g/mol. The van der Waals surface area contributed by atoms with Crippen LogP contribution < -0.4 is 10.1 Å². The van der Waals surface area contributed by atoms with Gasteiger partial charge in [-0.15, -0.1) is 11.8 Å². The van der Waals surface area contributed by atoms with Crippen LogP contribution >= 0.6 is 23.4 Å². The highest BCUT2D eigenvalue weighted by atomic mass is 35.5. The first kappa shape index (κ1) is 20.3. The van der Waals surface area contributed by atoms with Gasteiger partial charge in [0, 0.05) is 16.3 Å². The van der Waals surface area contributed by atoms with Crippen LogP contribution in [0.1, 0.15) is 22.6 Å². The summed E-state index contributed by atoms with van der Waals surface area (Å²) < 4.78 is 11.1. The number of nitrogens with one attached hydrogen (secondary N) is 1. The Balaban J connectivity index is 1.63. The average molecular weight is 417 g/mol. The number of ether oxygens (including phenoxy) is 1. The van der Waals surface area contributed by atoms with Crippen molar-refractivity contribution in [2.45, 2.75) is 26.5 Å². The van der Waals surface area contributed by atoms with E-state index < -0.39 is 0 Å². The van der Waals surface area contributed by atoms with Crippen molar-refractivity contribution in [3.8, 4) is 11.5 Å². The van der Waals surface area contributed by atoms with Crippen LogP contribution in [-0.4, -0.2) is 16.8 Å². The van der Waals surface area contributed by atoms with E-state index in [1.807, 2.05) is 45.0 Å². The van der Waals surface area contributed by atoms with E-state index >= 15 is 0 Å². The number of benzene rings is 2. The van der Waals surface area contributed by atoms with Crippen molar-refractivity contribution in [2.75, 3.05) is 11.1 Å². The Hall–Kier alpha value is -2.44. The number of carbonyl (C=O) groups excluding carboxylic acids is 1. The smallest absolute Gasteiger partial charge is 0.234 e. The number of halogens is 1. The number of hydrogen-bond donors (Lipinski definition) is 1. The van der Waals surface area contributed by atoms with E-state index in [0.717, 1.165) is 22.6 Å². The van der Waals surface area contributed by atoms with Crippen molar-refractivity contribution in [1.29, 1.82) is 0 Å². The molecule has 0 atom stereocenters. The molecule has 2 aromatic carbocycles.